The second kappa shape index (κ2) is 6.32. The van der Waals surface area contributed by atoms with Crippen LogP contribution in [0.15, 0.2) is 41.3 Å². The van der Waals surface area contributed by atoms with E-state index in [2.05, 4.69) is 5.32 Å². The van der Waals surface area contributed by atoms with Crippen LogP contribution in [0, 0.1) is 0 Å². The van der Waals surface area contributed by atoms with E-state index < -0.39 is 17.5 Å². The van der Waals surface area contributed by atoms with Gasteiger partial charge in [-0.1, -0.05) is 0 Å². The molecule has 3 rings (SSSR count). The normalized spacial score (nSPS) is 18.0. The first-order chi connectivity index (χ1) is 11.4. The molecule has 0 bridgehead atoms. The second-order valence-electron chi connectivity index (χ2n) is 5.90. The van der Waals surface area contributed by atoms with Crippen molar-refractivity contribution in [3.63, 3.8) is 0 Å². The van der Waals surface area contributed by atoms with Crippen LogP contribution in [0.3, 0.4) is 0 Å². The number of phenols is 1. The largest absolute Gasteiger partial charge is 0.507 e. The number of nitrogens with one attached hydrogen (secondary N) is 1. The average molecular weight is 338 g/mol. The number of aromatic hydroxyl groups is 1. The lowest BCUT2D eigenvalue weighted by Crippen LogP contribution is -2.32. The van der Waals surface area contributed by atoms with Gasteiger partial charge < -0.3 is 15.0 Å². The number of benzene rings is 1. The van der Waals surface area contributed by atoms with Crippen molar-refractivity contribution < 1.29 is 18.3 Å². The van der Waals surface area contributed by atoms with Gasteiger partial charge in [-0.2, -0.15) is 13.2 Å². The fourth-order valence-electron chi connectivity index (χ4n) is 2.97. The predicted octanol–water partition coefficient (Wildman–Crippen LogP) is 2.99. The number of pyridine rings is 1. The van der Waals surface area contributed by atoms with Gasteiger partial charge in [0.25, 0.3) is 5.56 Å². The highest BCUT2D eigenvalue weighted by Crippen LogP contribution is 2.35. The first-order valence-corrected chi connectivity index (χ1v) is 7.69. The Hall–Kier alpha value is -2.28. The topological polar surface area (TPSA) is 54.3 Å². The minimum absolute atomic E-state index is 0.0988. The highest BCUT2D eigenvalue weighted by molar-refractivity contribution is 5.69. The van der Waals surface area contributed by atoms with Gasteiger partial charge in [0, 0.05) is 24.3 Å². The maximum Gasteiger partial charge on any atom is 0.416 e. The van der Waals surface area contributed by atoms with Crippen molar-refractivity contribution in [3.8, 4) is 16.9 Å². The van der Waals surface area contributed by atoms with Crippen molar-refractivity contribution in [2.45, 2.75) is 31.6 Å². The second-order valence-corrected chi connectivity index (χ2v) is 5.90. The molecule has 1 aromatic heterocycles. The lowest BCUT2D eigenvalue weighted by Gasteiger charge is -2.14. The molecule has 2 aromatic rings. The van der Waals surface area contributed by atoms with E-state index in [0.29, 0.717) is 12.6 Å². The Kier molecular flexibility index (Phi) is 4.36. The highest BCUT2D eigenvalue weighted by Gasteiger charge is 2.31. The summed E-state index contributed by atoms with van der Waals surface area (Å²) in [5.74, 6) is -0.557. The van der Waals surface area contributed by atoms with Gasteiger partial charge in [-0.3, -0.25) is 4.79 Å². The number of hydrogen-bond acceptors (Lipinski definition) is 3. The zero-order valence-corrected chi connectivity index (χ0v) is 12.8. The van der Waals surface area contributed by atoms with E-state index in [1.807, 2.05) is 0 Å². The molecule has 2 heterocycles. The molecule has 1 aliphatic heterocycles. The summed E-state index contributed by atoms with van der Waals surface area (Å²) in [6, 6.07) is 6.01. The van der Waals surface area contributed by atoms with E-state index in [1.54, 1.807) is 12.3 Å². The van der Waals surface area contributed by atoms with Crippen LogP contribution in [0.2, 0.25) is 0 Å². The molecular formula is C17H17F3N2O2. The molecule has 2 N–H and O–H groups in total. The standard InChI is InChI=1S/C17H17F3N2O2/c18-17(19,20)11-5-6-13(15(23)9-11)14-4-2-8-22(16(14)24)10-12-3-1-7-21-12/h2,4-6,8-9,12,21,23H,1,3,7,10H2/t12-/m1/s1. The Labute approximate surface area is 136 Å². The van der Waals surface area contributed by atoms with E-state index in [-0.39, 0.29) is 22.7 Å². The molecule has 0 unspecified atom stereocenters. The molecular weight excluding hydrogens is 321 g/mol. The summed E-state index contributed by atoms with van der Waals surface area (Å²) in [5.41, 5.74) is -1.00. The van der Waals surface area contributed by atoms with Gasteiger partial charge in [-0.05, 0) is 49.7 Å². The van der Waals surface area contributed by atoms with E-state index >= 15 is 0 Å². The smallest absolute Gasteiger partial charge is 0.416 e. The Morgan fingerprint density at radius 2 is 2.04 bits per heavy atom. The van der Waals surface area contributed by atoms with Gasteiger partial charge in [0.1, 0.15) is 5.75 Å². The van der Waals surface area contributed by atoms with Gasteiger partial charge in [0.15, 0.2) is 0 Å². The lowest BCUT2D eigenvalue weighted by atomic mass is 10.0. The number of halogens is 3. The van der Waals surface area contributed by atoms with Crippen molar-refractivity contribution in [3.05, 3.63) is 52.4 Å². The summed E-state index contributed by atoms with van der Waals surface area (Å²) < 4.78 is 39.6. The average Bonchev–Trinajstić information content (AvgIpc) is 3.02. The molecule has 7 heteroatoms. The van der Waals surface area contributed by atoms with Crippen molar-refractivity contribution in [1.29, 1.82) is 0 Å². The van der Waals surface area contributed by atoms with E-state index in [4.69, 9.17) is 0 Å². The van der Waals surface area contributed by atoms with Crippen molar-refractivity contribution in [2.75, 3.05) is 6.54 Å². The molecule has 1 fully saturated rings. The summed E-state index contributed by atoms with van der Waals surface area (Å²) in [7, 11) is 0. The number of aromatic nitrogens is 1. The molecule has 24 heavy (non-hydrogen) atoms. The summed E-state index contributed by atoms with van der Waals surface area (Å²) in [6.07, 6.45) is -0.866. The van der Waals surface area contributed by atoms with E-state index in [9.17, 15) is 23.1 Å². The Balaban J connectivity index is 1.96. The number of nitrogens with zero attached hydrogens (tertiary/aromatic N) is 1. The zero-order valence-electron chi connectivity index (χ0n) is 12.8. The van der Waals surface area contributed by atoms with Crippen LogP contribution in [-0.2, 0) is 12.7 Å². The fourth-order valence-corrected chi connectivity index (χ4v) is 2.97. The molecule has 1 aromatic carbocycles. The van der Waals surface area contributed by atoms with Crippen LogP contribution in [0.4, 0.5) is 13.2 Å². The van der Waals surface area contributed by atoms with Crippen LogP contribution >= 0.6 is 0 Å². The quantitative estimate of drug-likeness (QED) is 0.905. The summed E-state index contributed by atoms with van der Waals surface area (Å²) >= 11 is 0. The molecule has 1 atom stereocenters. The molecule has 0 spiro atoms. The monoisotopic (exact) mass is 338 g/mol. The third-order valence-corrected chi connectivity index (χ3v) is 4.21. The first kappa shape index (κ1) is 16.6. The van der Waals surface area contributed by atoms with Crippen LogP contribution < -0.4 is 10.9 Å². The van der Waals surface area contributed by atoms with Crippen LogP contribution in [0.1, 0.15) is 18.4 Å². The molecule has 1 aliphatic rings. The maximum atomic E-state index is 12.7. The number of rotatable bonds is 3. The molecule has 1 saturated heterocycles. The van der Waals surface area contributed by atoms with Crippen molar-refractivity contribution in [2.24, 2.45) is 0 Å². The van der Waals surface area contributed by atoms with Crippen molar-refractivity contribution in [1.82, 2.24) is 9.88 Å². The number of hydrogen-bond donors (Lipinski definition) is 2. The van der Waals surface area contributed by atoms with Crippen LogP contribution in [0.5, 0.6) is 5.75 Å². The highest BCUT2D eigenvalue weighted by atomic mass is 19.4. The van der Waals surface area contributed by atoms with Gasteiger partial charge in [-0.25, -0.2) is 0 Å². The number of phenolic OH excluding ortho intramolecular Hbond substituents is 1. The van der Waals surface area contributed by atoms with Gasteiger partial charge >= 0.3 is 6.18 Å². The van der Waals surface area contributed by atoms with Crippen LogP contribution in [0.25, 0.3) is 11.1 Å². The third kappa shape index (κ3) is 3.31. The molecule has 0 amide bonds. The van der Waals surface area contributed by atoms with E-state index in [0.717, 1.165) is 31.5 Å². The predicted molar refractivity (Wildman–Crippen MR) is 83.8 cm³/mol. The summed E-state index contributed by atoms with van der Waals surface area (Å²) in [6.45, 7) is 1.41. The van der Waals surface area contributed by atoms with Crippen LogP contribution in [-0.4, -0.2) is 22.3 Å². The van der Waals surface area contributed by atoms with Gasteiger partial charge in [0.05, 0.1) is 11.1 Å². The van der Waals surface area contributed by atoms with Gasteiger partial charge in [0.2, 0.25) is 0 Å². The first-order valence-electron chi connectivity index (χ1n) is 7.69. The third-order valence-electron chi connectivity index (χ3n) is 4.21. The molecule has 0 radical (unpaired) electrons. The van der Waals surface area contributed by atoms with E-state index in [1.165, 1.54) is 10.6 Å². The zero-order chi connectivity index (χ0) is 17.3. The molecule has 4 nitrogen and oxygen atoms in total. The Morgan fingerprint density at radius 3 is 2.67 bits per heavy atom. The molecule has 128 valence electrons. The summed E-state index contributed by atoms with van der Waals surface area (Å²) in [5, 5.41) is 13.2. The SMILES string of the molecule is O=c1c(-c2ccc(C(F)(F)F)cc2O)cccn1C[C@H]1CCCN1. The van der Waals surface area contributed by atoms with Gasteiger partial charge in [-0.15, -0.1) is 0 Å². The summed E-state index contributed by atoms with van der Waals surface area (Å²) in [4.78, 5) is 12.6. The Morgan fingerprint density at radius 1 is 1.25 bits per heavy atom. The lowest BCUT2D eigenvalue weighted by molar-refractivity contribution is -0.137. The minimum Gasteiger partial charge on any atom is -0.507 e. The number of alkyl halides is 3. The van der Waals surface area contributed by atoms with Crippen molar-refractivity contribution >= 4 is 0 Å². The fraction of sp³-hybridized carbons (Fsp3) is 0.353. The molecule has 0 saturated carbocycles. The minimum atomic E-state index is -4.54. The molecule has 0 aliphatic carbocycles. The Bertz CT molecular complexity index is 793. The maximum absolute atomic E-state index is 12.7.